The molecule has 0 unspecified atom stereocenters. The van der Waals surface area contributed by atoms with Crippen LogP contribution >= 0.6 is 0 Å². The highest BCUT2D eigenvalue weighted by Gasteiger charge is 2.17. The van der Waals surface area contributed by atoms with Gasteiger partial charge in [0.2, 0.25) is 0 Å². The third-order valence-electron chi connectivity index (χ3n) is 2.60. The molecule has 0 aliphatic rings. The largest absolute Gasteiger partial charge is 0.493 e. The smallest absolute Gasteiger partial charge is 0.189 e. The minimum absolute atomic E-state index is 0.00745. The molecule has 88 valence electrons. The van der Waals surface area contributed by atoms with Crippen molar-refractivity contribution in [1.82, 2.24) is 9.78 Å². The van der Waals surface area contributed by atoms with Crippen LogP contribution in [0.15, 0.2) is 36.5 Å². The van der Waals surface area contributed by atoms with Gasteiger partial charge in [-0.15, -0.1) is 0 Å². The molecule has 1 heterocycles. The zero-order chi connectivity index (χ0) is 12.3. The number of aromatic nitrogens is 2. The van der Waals surface area contributed by atoms with Gasteiger partial charge in [0.15, 0.2) is 11.5 Å². The van der Waals surface area contributed by atoms with Gasteiger partial charge >= 0.3 is 0 Å². The van der Waals surface area contributed by atoms with Gasteiger partial charge in [-0.3, -0.25) is 9.48 Å². The van der Waals surface area contributed by atoms with Crippen molar-refractivity contribution in [3.05, 3.63) is 47.8 Å². The molecule has 0 spiro atoms. The maximum absolute atomic E-state index is 12.1. The van der Waals surface area contributed by atoms with E-state index in [4.69, 9.17) is 4.74 Å². The Morgan fingerprint density at radius 3 is 2.71 bits per heavy atom. The number of ether oxygens (including phenoxy) is 1. The average molecular weight is 230 g/mol. The number of nitrogens with zero attached hydrogens (tertiary/aromatic N) is 2. The summed E-state index contributed by atoms with van der Waals surface area (Å²) in [7, 11) is 3.27. The Morgan fingerprint density at radius 1 is 1.35 bits per heavy atom. The molecule has 17 heavy (non-hydrogen) atoms. The molecule has 0 saturated carbocycles. The molecule has 0 bridgehead atoms. The van der Waals surface area contributed by atoms with Crippen molar-refractivity contribution in [2.75, 3.05) is 7.11 Å². The molecule has 0 atom stereocenters. The highest BCUT2D eigenvalue weighted by atomic mass is 16.5. The summed E-state index contributed by atoms with van der Waals surface area (Å²) < 4.78 is 6.67. The van der Waals surface area contributed by atoms with Crippen molar-refractivity contribution < 1.29 is 9.53 Å². The SMILES string of the molecule is COc1cnn(C)c1C(=O)Cc1ccccc1. The molecule has 0 saturated heterocycles. The first-order valence-corrected chi connectivity index (χ1v) is 5.35. The third-order valence-corrected chi connectivity index (χ3v) is 2.60. The van der Waals surface area contributed by atoms with Gasteiger partial charge in [-0.25, -0.2) is 0 Å². The van der Waals surface area contributed by atoms with Gasteiger partial charge in [-0.05, 0) is 5.56 Å². The quantitative estimate of drug-likeness (QED) is 0.753. The fourth-order valence-electron chi connectivity index (χ4n) is 1.75. The molecule has 1 aromatic heterocycles. The molecule has 4 heteroatoms. The lowest BCUT2D eigenvalue weighted by atomic mass is 10.1. The number of benzene rings is 1. The molecule has 2 rings (SSSR count). The van der Waals surface area contributed by atoms with E-state index < -0.39 is 0 Å². The number of carbonyl (C=O) groups excluding carboxylic acids is 1. The van der Waals surface area contributed by atoms with Gasteiger partial charge in [0.1, 0.15) is 5.69 Å². The van der Waals surface area contributed by atoms with Crippen LogP contribution in [0.3, 0.4) is 0 Å². The lowest BCUT2D eigenvalue weighted by Crippen LogP contribution is -2.10. The molecule has 0 amide bonds. The predicted octanol–water partition coefficient (Wildman–Crippen LogP) is 1.85. The van der Waals surface area contributed by atoms with Crippen LogP contribution < -0.4 is 4.74 Å². The van der Waals surface area contributed by atoms with Crippen molar-refractivity contribution in [2.24, 2.45) is 7.05 Å². The molecule has 2 aromatic rings. The monoisotopic (exact) mass is 230 g/mol. The second kappa shape index (κ2) is 4.82. The van der Waals surface area contributed by atoms with Gasteiger partial charge in [-0.2, -0.15) is 5.10 Å². The van der Waals surface area contributed by atoms with Crippen molar-refractivity contribution in [3.8, 4) is 5.75 Å². The molecular formula is C13H14N2O2. The van der Waals surface area contributed by atoms with E-state index >= 15 is 0 Å². The van der Waals surface area contributed by atoms with Crippen LogP contribution in [0.2, 0.25) is 0 Å². The van der Waals surface area contributed by atoms with E-state index in [1.165, 1.54) is 7.11 Å². The maximum Gasteiger partial charge on any atom is 0.189 e. The minimum Gasteiger partial charge on any atom is -0.493 e. The lowest BCUT2D eigenvalue weighted by Gasteiger charge is -2.04. The van der Waals surface area contributed by atoms with Crippen LogP contribution in [0.1, 0.15) is 16.1 Å². The Labute approximate surface area is 99.8 Å². The topological polar surface area (TPSA) is 44.1 Å². The Bertz CT molecular complexity index is 517. The van der Waals surface area contributed by atoms with Crippen LogP contribution in [0.5, 0.6) is 5.75 Å². The first-order valence-electron chi connectivity index (χ1n) is 5.35. The summed E-state index contributed by atoms with van der Waals surface area (Å²) in [4.78, 5) is 12.1. The summed E-state index contributed by atoms with van der Waals surface area (Å²) in [6.45, 7) is 0. The number of carbonyl (C=O) groups is 1. The second-order valence-electron chi connectivity index (χ2n) is 3.77. The van der Waals surface area contributed by atoms with Gasteiger partial charge in [0.25, 0.3) is 0 Å². The first kappa shape index (κ1) is 11.4. The summed E-state index contributed by atoms with van der Waals surface area (Å²) in [6.07, 6.45) is 1.91. The summed E-state index contributed by atoms with van der Waals surface area (Å²) in [5.74, 6) is 0.529. The molecule has 0 aliphatic heterocycles. The molecule has 0 fully saturated rings. The Morgan fingerprint density at radius 2 is 2.06 bits per heavy atom. The molecule has 4 nitrogen and oxygen atoms in total. The normalized spacial score (nSPS) is 10.2. The number of aryl methyl sites for hydroxylation is 1. The van der Waals surface area contributed by atoms with Crippen LogP contribution in [0.4, 0.5) is 0 Å². The molecule has 1 aromatic carbocycles. The van der Waals surface area contributed by atoms with E-state index in [1.807, 2.05) is 30.3 Å². The fourth-order valence-corrected chi connectivity index (χ4v) is 1.75. The van der Waals surface area contributed by atoms with Crippen LogP contribution in [0.25, 0.3) is 0 Å². The zero-order valence-corrected chi connectivity index (χ0v) is 9.88. The Hall–Kier alpha value is -2.10. The number of ketones is 1. The molecule has 0 N–H and O–H groups in total. The van der Waals surface area contributed by atoms with E-state index in [0.717, 1.165) is 5.56 Å². The molecular weight excluding hydrogens is 216 g/mol. The van der Waals surface area contributed by atoms with Crippen LogP contribution in [-0.2, 0) is 13.5 Å². The molecule has 0 radical (unpaired) electrons. The Balaban J connectivity index is 2.23. The standard InChI is InChI=1S/C13H14N2O2/c1-15-13(12(17-2)9-14-15)11(16)8-10-6-4-3-5-7-10/h3-7,9H,8H2,1-2H3. The van der Waals surface area contributed by atoms with E-state index in [0.29, 0.717) is 17.9 Å². The fraction of sp³-hybridized carbons (Fsp3) is 0.231. The number of hydrogen-bond acceptors (Lipinski definition) is 3. The van der Waals surface area contributed by atoms with Gasteiger partial charge in [0.05, 0.1) is 13.3 Å². The molecule has 0 aliphatic carbocycles. The van der Waals surface area contributed by atoms with E-state index in [1.54, 1.807) is 17.9 Å². The second-order valence-corrected chi connectivity index (χ2v) is 3.77. The average Bonchev–Trinajstić information content (AvgIpc) is 2.71. The maximum atomic E-state index is 12.1. The number of rotatable bonds is 4. The third kappa shape index (κ3) is 2.36. The predicted molar refractivity (Wildman–Crippen MR) is 64.2 cm³/mol. The van der Waals surface area contributed by atoms with Gasteiger partial charge in [0, 0.05) is 13.5 Å². The van der Waals surface area contributed by atoms with Crippen LogP contribution in [-0.4, -0.2) is 22.7 Å². The highest BCUT2D eigenvalue weighted by molar-refractivity contribution is 5.98. The van der Waals surface area contributed by atoms with Crippen molar-refractivity contribution in [1.29, 1.82) is 0 Å². The highest BCUT2D eigenvalue weighted by Crippen LogP contribution is 2.18. The first-order chi connectivity index (χ1) is 8.22. The van der Waals surface area contributed by atoms with Gasteiger partial charge in [-0.1, -0.05) is 30.3 Å². The Kier molecular flexibility index (Phi) is 3.23. The van der Waals surface area contributed by atoms with E-state index in [2.05, 4.69) is 5.10 Å². The van der Waals surface area contributed by atoms with E-state index in [-0.39, 0.29) is 5.78 Å². The lowest BCUT2D eigenvalue weighted by molar-refractivity contribution is 0.0981. The minimum atomic E-state index is 0.00745. The number of methoxy groups -OCH3 is 1. The number of Topliss-reactive ketones (excluding diaryl/α,β-unsaturated/α-hetero) is 1. The summed E-state index contributed by atoms with van der Waals surface area (Å²) in [5.41, 5.74) is 1.50. The summed E-state index contributed by atoms with van der Waals surface area (Å²) in [5, 5.41) is 4.02. The van der Waals surface area contributed by atoms with Gasteiger partial charge < -0.3 is 4.74 Å². The van der Waals surface area contributed by atoms with E-state index in [9.17, 15) is 4.79 Å². The summed E-state index contributed by atoms with van der Waals surface area (Å²) in [6, 6.07) is 9.63. The summed E-state index contributed by atoms with van der Waals surface area (Å²) >= 11 is 0. The zero-order valence-electron chi connectivity index (χ0n) is 9.88. The van der Waals surface area contributed by atoms with Crippen molar-refractivity contribution >= 4 is 5.78 Å². The van der Waals surface area contributed by atoms with Crippen molar-refractivity contribution in [3.63, 3.8) is 0 Å². The number of hydrogen-bond donors (Lipinski definition) is 0. The van der Waals surface area contributed by atoms with Crippen LogP contribution in [0, 0.1) is 0 Å². The van der Waals surface area contributed by atoms with Crippen molar-refractivity contribution in [2.45, 2.75) is 6.42 Å².